The molecule has 0 heterocycles. The number of hydrogen-bond donors (Lipinski definition) is 0. The minimum Gasteiger partial charge on any atom is -0.365 e. The maximum Gasteiger partial charge on any atom is 0.194 e. The van der Waals surface area contributed by atoms with Crippen LogP contribution in [0.1, 0.15) is 191 Å². The van der Waals surface area contributed by atoms with Gasteiger partial charge >= 0.3 is 0 Å². The van der Waals surface area contributed by atoms with Gasteiger partial charge in [-0.1, -0.05) is 103 Å². The van der Waals surface area contributed by atoms with E-state index in [9.17, 15) is 17.6 Å². The maximum atomic E-state index is 15.8. The first kappa shape index (κ1) is 42.6. The van der Waals surface area contributed by atoms with E-state index >= 15 is 8.78 Å². The van der Waals surface area contributed by atoms with E-state index in [4.69, 9.17) is 4.74 Å². The molecule has 0 bridgehead atoms. The van der Waals surface area contributed by atoms with Crippen molar-refractivity contribution in [3.05, 3.63) is 70.3 Å². The molecule has 0 amide bonds. The molecule has 0 radical (unpaired) electrons. The molecule has 0 saturated heterocycles. The Balaban J connectivity index is 1.17. The first-order valence-corrected chi connectivity index (χ1v) is 22.6. The van der Waals surface area contributed by atoms with Crippen LogP contribution in [0.25, 0.3) is 0 Å². The SMILES string of the molecule is CCCCCC1CCC(C2CCC(C(OC(c3ccc(F)c(F)c3F)C3CCC(C4CCC(CCCCC)CC4)CC3)c3ccc(F)c(F)c3F)CC2)CC1. The Hall–Kier alpha value is -2.02. The van der Waals surface area contributed by atoms with Crippen LogP contribution in [0, 0.1) is 82.2 Å². The van der Waals surface area contributed by atoms with Gasteiger partial charge in [0.2, 0.25) is 0 Å². The van der Waals surface area contributed by atoms with E-state index in [1.54, 1.807) is 0 Å². The summed E-state index contributed by atoms with van der Waals surface area (Å²) < 4.78 is 96.8. The van der Waals surface area contributed by atoms with E-state index in [1.165, 1.54) is 115 Å². The lowest BCUT2D eigenvalue weighted by atomic mass is 9.67. The van der Waals surface area contributed by atoms with Gasteiger partial charge in [0.25, 0.3) is 0 Å². The van der Waals surface area contributed by atoms with Gasteiger partial charge in [-0.3, -0.25) is 0 Å². The molecule has 6 rings (SSSR count). The first-order chi connectivity index (χ1) is 26.7. The molecule has 4 aliphatic rings. The van der Waals surface area contributed by atoms with Crippen LogP contribution in [-0.4, -0.2) is 0 Å². The van der Waals surface area contributed by atoms with Crippen molar-refractivity contribution in [2.75, 3.05) is 0 Å². The van der Waals surface area contributed by atoms with Gasteiger partial charge in [0.05, 0.1) is 12.2 Å². The molecule has 0 N–H and O–H groups in total. The normalized spacial score (nSPS) is 30.3. The molecule has 7 heteroatoms. The van der Waals surface area contributed by atoms with Gasteiger partial charge in [0.1, 0.15) is 0 Å². The lowest BCUT2D eigenvalue weighted by molar-refractivity contribution is -0.0963. The highest BCUT2D eigenvalue weighted by Crippen LogP contribution is 2.51. The van der Waals surface area contributed by atoms with E-state index in [1.807, 2.05) is 0 Å². The first-order valence-electron chi connectivity index (χ1n) is 22.6. The number of unbranched alkanes of at least 4 members (excludes halogenated alkanes) is 4. The fraction of sp³-hybridized carbons (Fsp3) is 0.750. The van der Waals surface area contributed by atoms with Crippen LogP contribution in [0.3, 0.4) is 0 Å². The maximum absolute atomic E-state index is 15.8. The fourth-order valence-corrected chi connectivity index (χ4v) is 11.7. The monoisotopic (exact) mass is 775 g/mol. The minimum absolute atomic E-state index is 0.0766. The van der Waals surface area contributed by atoms with Gasteiger partial charge < -0.3 is 4.74 Å². The summed E-state index contributed by atoms with van der Waals surface area (Å²) in [6.45, 7) is 4.49. The molecule has 4 fully saturated rings. The molecule has 2 aromatic rings. The third kappa shape index (κ3) is 10.7. The van der Waals surface area contributed by atoms with E-state index in [0.29, 0.717) is 23.7 Å². The van der Waals surface area contributed by atoms with Crippen molar-refractivity contribution in [2.45, 2.75) is 180 Å². The van der Waals surface area contributed by atoms with Crippen molar-refractivity contribution in [3.63, 3.8) is 0 Å². The Bertz CT molecular complexity index is 1350. The Morgan fingerprint density at radius 1 is 0.436 bits per heavy atom. The number of halogens is 6. The summed E-state index contributed by atoms with van der Waals surface area (Å²) in [5, 5.41) is 0. The third-order valence-electron chi connectivity index (χ3n) is 15.1. The molecule has 308 valence electrons. The molecule has 4 aliphatic carbocycles. The van der Waals surface area contributed by atoms with E-state index in [2.05, 4.69) is 13.8 Å². The standard InChI is InChI=1S/C48H68F6O/c1-3-5-7-9-31-11-15-33(16-12-31)35-19-23-37(24-20-35)47(39-27-29-41(49)45(53)43(39)51)55-48(40-28-30-42(50)46(54)44(40)52)38-25-21-36(22-26-38)34-17-13-32(14-18-34)10-8-6-4-2/h27-38,47-48H,3-26H2,1-2H3. The summed E-state index contributed by atoms with van der Waals surface area (Å²) in [5.74, 6) is -4.53. The van der Waals surface area contributed by atoms with Crippen LogP contribution < -0.4 is 0 Å². The second kappa shape index (κ2) is 20.6. The molecule has 2 unspecified atom stereocenters. The van der Waals surface area contributed by atoms with Crippen LogP contribution in [0.5, 0.6) is 0 Å². The highest BCUT2D eigenvalue weighted by molar-refractivity contribution is 5.26. The average molecular weight is 775 g/mol. The summed E-state index contributed by atoms with van der Waals surface area (Å²) in [4.78, 5) is 0. The number of benzene rings is 2. The zero-order valence-electron chi connectivity index (χ0n) is 33.7. The molecular formula is C48H68F6O. The molecule has 0 aromatic heterocycles. The second-order valence-corrected chi connectivity index (χ2v) is 18.4. The van der Waals surface area contributed by atoms with E-state index in [-0.39, 0.29) is 23.0 Å². The Morgan fingerprint density at radius 3 is 1.09 bits per heavy atom. The molecule has 2 atom stereocenters. The zero-order valence-corrected chi connectivity index (χ0v) is 33.7. The van der Waals surface area contributed by atoms with E-state index in [0.717, 1.165) is 75.3 Å². The highest BCUT2D eigenvalue weighted by Gasteiger charge is 2.41. The van der Waals surface area contributed by atoms with Gasteiger partial charge in [-0.15, -0.1) is 0 Å². The largest absolute Gasteiger partial charge is 0.365 e. The van der Waals surface area contributed by atoms with Gasteiger partial charge in [-0.25, -0.2) is 26.3 Å². The summed E-state index contributed by atoms with van der Waals surface area (Å²) >= 11 is 0. The number of ether oxygens (including phenoxy) is 1. The topological polar surface area (TPSA) is 9.23 Å². The van der Waals surface area contributed by atoms with E-state index < -0.39 is 47.1 Å². The number of hydrogen-bond acceptors (Lipinski definition) is 1. The fourth-order valence-electron chi connectivity index (χ4n) is 11.7. The van der Waals surface area contributed by atoms with Crippen molar-refractivity contribution < 1.29 is 31.1 Å². The predicted molar refractivity (Wildman–Crippen MR) is 209 cm³/mol. The predicted octanol–water partition coefficient (Wildman–Crippen LogP) is 15.7. The summed E-state index contributed by atoms with van der Waals surface area (Å²) in [5.41, 5.74) is -0.153. The van der Waals surface area contributed by atoms with Gasteiger partial charge in [-0.05, 0) is 137 Å². The van der Waals surface area contributed by atoms with Crippen LogP contribution in [0.2, 0.25) is 0 Å². The zero-order chi connectivity index (χ0) is 38.9. The Labute approximate surface area is 328 Å². The summed E-state index contributed by atoms with van der Waals surface area (Å²) in [7, 11) is 0. The Morgan fingerprint density at radius 2 is 0.764 bits per heavy atom. The molecule has 2 aromatic carbocycles. The number of rotatable bonds is 16. The average Bonchev–Trinajstić information content (AvgIpc) is 3.21. The lowest BCUT2D eigenvalue weighted by Crippen LogP contribution is -2.32. The summed E-state index contributed by atoms with van der Waals surface area (Å²) in [6.07, 6.45) is 25.2. The van der Waals surface area contributed by atoms with Crippen molar-refractivity contribution in [1.29, 1.82) is 0 Å². The van der Waals surface area contributed by atoms with Crippen molar-refractivity contribution >= 4 is 0 Å². The van der Waals surface area contributed by atoms with Crippen molar-refractivity contribution in [2.24, 2.45) is 47.3 Å². The van der Waals surface area contributed by atoms with Gasteiger partial charge in [0, 0.05) is 11.1 Å². The van der Waals surface area contributed by atoms with Gasteiger partial charge in [-0.2, -0.15) is 0 Å². The van der Waals surface area contributed by atoms with Crippen LogP contribution in [0.15, 0.2) is 24.3 Å². The van der Waals surface area contributed by atoms with Crippen LogP contribution in [-0.2, 0) is 4.74 Å². The lowest BCUT2D eigenvalue weighted by Gasteiger charge is -2.43. The van der Waals surface area contributed by atoms with Crippen LogP contribution >= 0.6 is 0 Å². The summed E-state index contributed by atoms with van der Waals surface area (Å²) in [6, 6.07) is 4.40. The molecular weight excluding hydrogens is 707 g/mol. The molecule has 4 saturated carbocycles. The molecule has 1 nitrogen and oxygen atoms in total. The Kier molecular flexibility index (Phi) is 15.9. The minimum atomic E-state index is -1.55. The van der Waals surface area contributed by atoms with Crippen LogP contribution in [0.4, 0.5) is 26.3 Å². The van der Waals surface area contributed by atoms with Gasteiger partial charge in [0.15, 0.2) is 34.9 Å². The molecule has 0 spiro atoms. The van der Waals surface area contributed by atoms with Crippen molar-refractivity contribution in [3.8, 4) is 0 Å². The quantitative estimate of drug-likeness (QED) is 0.0938. The second-order valence-electron chi connectivity index (χ2n) is 18.4. The van der Waals surface area contributed by atoms with Crippen molar-refractivity contribution in [1.82, 2.24) is 0 Å². The highest BCUT2D eigenvalue weighted by atomic mass is 19.2. The smallest absolute Gasteiger partial charge is 0.194 e. The third-order valence-corrected chi connectivity index (χ3v) is 15.1. The molecule has 0 aliphatic heterocycles. The molecule has 55 heavy (non-hydrogen) atoms.